The number of fused-ring (bicyclic) bond motifs is 1. The van der Waals surface area contributed by atoms with Crippen LogP contribution in [0.4, 0.5) is 5.69 Å². The van der Waals surface area contributed by atoms with Gasteiger partial charge < -0.3 is 20.4 Å². The largest absolute Gasteiger partial charge is 0.478 e. The maximum atomic E-state index is 11.6. The zero-order valence-electron chi connectivity index (χ0n) is 9.88. The lowest BCUT2D eigenvalue weighted by Crippen LogP contribution is -2.07. The summed E-state index contributed by atoms with van der Waals surface area (Å²) in [5, 5.41) is 13.0. The van der Waals surface area contributed by atoms with Gasteiger partial charge in [-0.05, 0) is 6.92 Å². The summed E-state index contributed by atoms with van der Waals surface area (Å²) in [5.41, 5.74) is 6.56. The highest BCUT2D eigenvalue weighted by molar-refractivity contribution is 5.99. The van der Waals surface area contributed by atoms with E-state index in [4.69, 9.17) is 15.2 Å². The normalized spacial score (nSPS) is 10.6. The third kappa shape index (κ3) is 1.77. The van der Waals surface area contributed by atoms with Crippen molar-refractivity contribution in [3.63, 3.8) is 0 Å². The van der Waals surface area contributed by atoms with Gasteiger partial charge >= 0.3 is 5.97 Å². The van der Waals surface area contributed by atoms with Crippen molar-refractivity contribution in [1.29, 1.82) is 0 Å². The van der Waals surface area contributed by atoms with Crippen LogP contribution in [0.2, 0.25) is 0 Å². The van der Waals surface area contributed by atoms with Gasteiger partial charge in [-0.15, -0.1) is 4.85 Å². The molecule has 0 radical (unpaired) electrons. The minimum absolute atomic E-state index is 0.0156. The topological polar surface area (TPSA) is 112 Å². The van der Waals surface area contributed by atoms with Gasteiger partial charge in [-0.25, -0.2) is 9.78 Å². The van der Waals surface area contributed by atoms with Gasteiger partial charge in [-0.1, -0.05) is 5.10 Å². The van der Waals surface area contributed by atoms with Crippen LogP contribution in [0.25, 0.3) is 11.3 Å². The molecular formula is C10H12N4O4. The molecule has 2 aliphatic heterocycles. The first-order chi connectivity index (χ1) is 8.58. The molecule has 0 atom stereocenters. The average molecular weight is 252 g/mol. The van der Waals surface area contributed by atoms with Gasteiger partial charge in [-0.2, -0.15) is 0 Å². The molecule has 0 amide bonds. The molecule has 8 heteroatoms. The zero-order chi connectivity index (χ0) is 13.3. The van der Waals surface area contributed by atoms with Crippen LogP contribution in [-0.4, -0.2) is 39.8 Å². The molecule has 96 valence electrons. The lowest BCUT2D eigenvalue weighted by atomic mass is 10.2. The maximum Gasteiger partial charge on any atom is 0.359 e. The monoisotopic (exact) mass is 252 g/mol. The summed E-state index contributed by atoms with van der Waals surface area (Å²) in [6.45, 7) is 1.90. The second kappa shape index (κ2) is 4.40. The summed E-state index contributed by atoms with van der Waals surface area (Å²) in [7, 11) is 1.37. The van der Waals surface area contributed by atoms with E-state index in [1.807, 2.05) is 0 Å². The summed E-state index contributed by atoms with van der Waals surface area (Å²) in [5.74, 6) is -0.560. The molecule has 0 aromatic heterocycles. The molecule has 3 N–H and O–H groups in total. The molecule has 0 fully saturated rings. The third-order valence-corrected chi connectivity index (χ3v) is 2.33. The van der Waals surface area contributed by atoms with E-state index in [0.717, 1.165) is 0 Å². The van der Waals surface area contributed by atoms with E-state index in [-0.39, 0.29) is 23.9 Å². The third-order valence-electron chi connectivity index (χ3n) is 2.33. The fraction of sp³-hybridized carbons (Fsp3) is 0.300. The van der Waals surface area contributed by atoms with Crippen LogP contribution in [0, 0.1) is 0 Å². The number of ether oxygens (including phenoxy) is 2. The van der Waals surface area contributed by atoms with Crippen LogP contribution in [0.15, 0.2) is 6.20 Å². The number of nitrogen functional groups attached to an aromatic ring is 1. The summed E-state index contributed by atoms with van der Waals surface area (Å²) in [6, 6.07) is 0. The molecule has 2 rings (SSSR count). The molecular weight excluding hydrogens is 240 g/mol. The number of esters is 1. The Hall–Kier alpha value is -2.51. The highest BCUT2D eigenvalue weighted by atomic mass is 16.5. The predicted octanol–water partition coefficient (Wildman–Crippen LogP) is 0.388. The number of anilines is 1. The maximum absolute atomic E-state index is 11.6. The summed E-state index contributed by atoms with van der Waals surface area (Å²) >= 11 is 0. The SMILES string of the molecule is CCOC(=O)c1nc2c(OC)nn(O)cc-2c1N. The highest BCUT2D eigenvalue weighted by Crippen LogP contribution is 2.35. The number of aromatic nitrogens is 3. The van der Waals surface area contributed by atoms with Crippen molar-refractivity contribution in [2.45, 2.75) is 6.92 Å². The van der Waals surface area contributed by atoms with E-state index >= 15 is 0 Å². The lowest BCUT2D eigenvalue weighted by molar-refractivity contribution is 0.0521. The van der Waals surface area contributed by atoms with Crippen LogP contribution in [0.1, 0.15) is 17.4 Å². The highest BCUT2D eigenvalue weighted by Gasteiger charge is 2.26. The molecule has 0 aliphatic carbocycles. The standard InChI is InChI=1S/C10H12N4O4/c1-3-18-10(15)8-6(11)5-4-14(16)13-9(17-2)7(5)12-8/h4,16H,3,11H2,1-2H3. The summed E-state index contributed by atoms with van der Waals surface area (Å²) in [4.78, 5) is 16.2. The predicted molar refractivity (Wildman–Crippen MR) is 60.7 cm³/mol. The van der Waals surface area contributed by atoms with E-state index in [9.17, 15) is 10.0 Å². The number of rotatable bonds is 3. The Morgan fingerprint density at radius 3 is 2.94 bits per heavy atom. The Kier molecular flexibility index (Phi) is 2.92. The first kappa shape index (κ1) is 12.0. The first-order valence-electron chi connectivity index (χ1n) is 5.17. The molecule has 0 saturated carbocycles. The van der Waals surface area contributed by atoms with Gasteiger partial charge in [0.05, 0.1) is 31.2 Å². The molecule has 8 nitrogen and oxygen atoms in total. The summed E-state index contributed by atoms with van der Waals surface area (Å²) < 4.78 is 9.78. The van der Waals surface area contributed by atoms with Crippen molar-refractivity contribution in [2.24, 2.45) is 0 Å². The van der Waals surface area contributed by atoms with Crippen LogP contribution in [0.5, 0.6) is 5.88 Å². The molecule has 0 aromatic rings. The molecule has 2 aliphatic rings. The van der Waals surface area contributed by atoms with Crippen molar-refractivity contribution < 1.29 is 19.5 Å². The zero-order valence-corrected chi connectivity index (χ0v) is 9.88. The van der Waals surface area contributed by atoms with Crippen LogP contribution in [0.3, 0.4) is 0 Å². The van der Waals surface area contributed by atoms with Gasteiger partial charge in [0.15, 0.2) is 5.69 Å². The van der Waals surface area contributed by atoms with Gasteiger partial charge in [0.1, 0.15) is 5.69 Å². The Bertz CT molecular complexity index is 566. The minimum atomic E-state index is -0.627. The Morgan fingerprint density at radius 2 is 2.33 bits per heavy atom. The van der Waals surface area contributed by atoms with Gasteiger partial charge in [0, 0.05) is 0 Å². The van der Waals surface area contributed by atoms with E-state index in [2.05, 4.69) is 10.1 Å². The fourth-order valence-corrected chi connectivity index (χ4v) is 1.56. The Balaban J connectivity index is 2.61. The summed E-state index contributed by atoms with van der Waals surface area (Å²) in [6.07, 6.45) is 1.24. The Labute approximate surface area is 102 Å². The van der Waals surface area contributed by atoms with Crippen LogP contribution in [-0.2, 0) is 4.74 Å². The lowest BCUT2D eigenvalue weighted by Gasteiger charge is -2.05. The number of carbonyl (C=O) groups excluding carboxylic acids is 1. The fourth-order valence-electron chi connectivity index (χ4n) is 1.56. The second-order valence-corrected chi connectivity index (χ2v) is 3.42. The van der Waals surface area contributed by atoms with Crippen molar-refractivity contribution in [3.05, 3.63) is 11.9 Å². The van der Waals surface area contributed by atoms with Crippen molar-refractivity contribution in [3.8, 4) is 17.1 Å². The first-order valence-corrected chi connectivity index (χ1v) is 5.17. The van der Waals surface area contributed by atoms with Crippen molar-refractivity contribution >= 4 is 11.7 Å². The number of hydrogen-bond acceptors (Lipinski definition) is 7. The molecule has 0 spiro atoms. The number of hydrogen-bond donors (Lipinski definition) is 2. The number of methoxy groups -OCH3 is 1. The van der Waals surface area contributed by atoms with Crippen LogP contribution >= 0.6 is 0 Å². The smallest absolute Gasteiger partial charge is 0.359 e. The quantitative estimate of drug-likeness (QED) is 0.600. The van der Waals surface area contributed by atoms with Gasteiger partial charge in [0.2, 0.25) is 0 Å². The number of nitrogens with zero attached hydrogens (tertiary/aromatic N) is 3. The van der Waals surface area contributed by atoms with Crippen LogP contribution < -0.4 is 10.5 Å². The second-order valence-electron chi connectivity index (χ2n) is 3.42. The van der Waals surface area contributed by atoms with Gasteiger partial charge in [0.25, 0.3) is 5.88 Å². The molecule has 0 saturated heterocycles. The van der Waals surface area contributed by atoms with Gasteiger partial charge in [-0.3, -0.25) is 0 Å². The molecule has 0 unspecified atom stereocenters. The average Bonchev–Trinajstić information content (AvgIpc) is 2.67. The minimum Gasteiger partial charge on any atom is -0.478 e. The number of carbonyl (C=O) groups is 1. The number of nitrogens with two attached hydrogens (primary N) is 1. The molecule has 18 heavy (non-hydrogen) atoms. The molecule has 2 heterocycles. The van der Waals surface area contributed by atoms with E-state index < -0.39 is 5.97 Å². The van der Waals surface area contributed by atoms with E-state index in [1.165, 1.54) is 13.3 Å². The van der Waals surface area contributed by atoms with Crippen molar-refractivity contribution in [1.82, 2.24) is 14.9 Å². The Morgan fingerprint density at radius 1 is 1.61 bits per heavy atom. The van der Waals surface area contributed by atoms with Crippen molar-refractivity contribution in [2.75, 3.05) is 19.5 Å². The van der Waals surface area contributed by atoms with E-state index in [1.54, 1.807) is 6.92 Å². The molecule has 0 aromatic carbocycles. The van der Waals surface area contributed by atoms with E-state index in [0.29, 0.717) is 16.1 Å². The molecule has 0 bridgehead atoms.